The molecule has 3 nitrogen and oxygen atoms in total. The Bertz CT molecular complexity index is 757. The molecule has 25 heavy (non-hydrogen) atoms. The van der Waals surface area contributed by atoms with E-state index in [1.54, 1.807) is 0 Å². The molecule has 2 aromatic carbocycles. The van der Waals surface area contributed by atoms with Crippen molar-refractivity contribution in [1.29, 1.82) is 0 Å². The van der Waals surface area contributed by atoms with Gasteiger partial charge in [-0.05, 0) is 79.0 Å². The summed E-state index contributed by atoms with van der Waals surface area (Å²) in [7, 11) is 0. The van der Waals surface area contributed by atoms with E-state index in [1.165, 1.54) is 35.1 Å². The van der Waals surface area contributed by atoms with Gasteiger partial charge in [0.15, 0.2) is 11.5 Å². The van der Waals surface area contributed by atoms with Crippen molar-refractivity contribution >= 4 is 15.9 Å². The average Bonchev–Trinajstić information content (AvgIpc) is 3.13. The van der Waals surface area contributed by atoms with E-state index >= 15 is 0 Å². The van der Waals surface area contributed by atoms with E-state index in [2.05, 4.69) is 40.2 Å². The highest BCUT2D eigenvalue weighted by Gasteiger charge is 2.20. The monoisotopic (exact) mass is 402 g/mol. The Morgan fingerprint density at radius 1 is 0.920 bits per heavy atom. The first kappa shape index (κ1) is 16.8. The van der Waals surface area contributed by atoms with Gasteiger partial charge in [-0.2, -0.15) is 0 Å². The lowest BCUT2D eigenvalue weighted by Crippen LogP contribution is -2.09. The van der Waals surface area contributed by atoms with Crippen LogP contribution in [0, 0.1) is 0 Å². The maximum Gasteiger partial charge on any atom is 0.231 e. The van der Waals surface area contributed by atoms with Crippen molar-refractivity contribution < 1.29 is 14.2 Å². The molecular weight excluding hydrogens is 380 g/mol. The molecule has 2 aromatic rings. The Morgan fingerprint density at radius 3 is 2.64 bits per heavy atom. The number of halogens is 1. The van der Waals surface area contributed by atoms with Gasteiger partial charge in [0.25, 0.3) is 0 Å². The average molecular weight is 403 g/mol. The van der Waals surface area contributed by atoms with Gasteiger partial charge in [-0.1, -0.05) is 28.1 Å². The Hall–Kier alpha value is -1.68. The highest BCUT2D eigenvalue weighted by molar-refractivity contribution is 9.09. The van der Waals surface area contributed by atoms with E-state index in [0.29, 0.717) is 6.79 Å². The van der Waals surface area contributed by atoms with E-state index in [4.69, 9.17) is 14.2 Å². The molecule has 4 heteroatoms. The van der Waals surface area contributed by atoms with Crippen LogP contribution in [-0.4, -0.2) is 18.7 Å². The maximum absolute atomic E-state index is 6.11. The molecule has 132 valence electrons. The zero-order valence-electron chi connectivity index (χ0n) is 14.4. The number of rotatable bonds is 6. The van der Waals surface area contributed by atoms with Crippen LogP contribution in [0.5, 0.6) is 17.2 Å². The van der Waals surface area contributed by atoms with Gasteiger partial charge in [0.05, 0.1) is 6.61 Å². The number of hydrogen-bond acceptors (Lipinski definition) is 3. The van der Waals surface area contributed by atoms with Crippen LogP contribution in [0.2, 0.25) is 0 Å². The third-order valence-electron chi connectivity index (χ3n) is 4.96. The van der Waals surface area contributed by atoms with Crippen LogP contribution in [0.25, 0.3) is 11.1 Å². The van der Waals surface area contributed by atoms with Crippen LogP contribution < -0.4 is 14.2 Å². The Balaban J connectivity index is 1.65. The van der Waals surface area contributed by atoms with E-state index in [-0.39, 0.29) is 0 Å². The molecule has 0 aromatic heterocycles. The molecule has 0 saturated carbocycles. The second-order valence-electron chi connectivity index (χ2n) is 6.59. The van der Waals surface area contributed by atoms with Gasteiger partial charge in [-0.3, -0.25) is 0 Å². The molecule has 0 fully saturated rings. The molecule has 4 rings (SSSR count). The van der Waals surface area contributed by atoms with Crippen molar-refractivity contribution in [1.82, 2.24) is 0 Å². The van der Waals surface area contributed by atoms with Crippen molar-refractivity contribution in [3.63, 3.8) is 0 Å². The molecule has 0 unspecified atom stereocenters. The molecule has 1 aliphatic carbocycles. The first-order chi connectivity index (χ1) is 12.4. The predicted octanol–water partition coefficient (Wildman–Crippen LogP) is 5.52. The third kappa shape index (κ3) is 3.50. The van der Waals surface area contributed by atoms with Gasteiger partial charge in [0, 0.05) is 5.33 Å². The lowest BCUT2D eigenvalue weighted by molar-refractivity contribution is 0.174. The van der Waals surface area contributed by atoms with Crippen LogP contribution in [0.3, 0.4) is 0 Å². The zero-order chi connectivity index (χ0) is 17.1. The zero-order valence-corrected chi connectivity index (χ0v) is 15.9. The minimum absolute atomic E-state index is 0.318. The number of hydrogen-bond donors (Lipinski definition) is 0. The number of fused-ring (bicyclic) bond motifs is 2. The summed E-state index contributed by atoms with van der Waals surface area (Å²) in [5.41, 5.74) is 5.36. The normalized spacial score (nSPS) is 15.1. The molecule has 0 radical (unpaired) electrons. The van der Waals surface area contributed by atoms with E-state index in [0.717, 1.165) is 54.9 Å². The van der Waals surface area contributed by atoms with Crippen molar-refractivity contribution in [2.45, 2.75) is 38.5 Å². The molecule has 1 aliphatic heterocycles. The van der Waals surface area contributed by atoms with E-state index in [9.17, 15) is 0 Å². The van der Waals surface area contributed by atoms with Crippen LogP contribution in [0.15, 0.2) is 30.3 Å². The molecule has 2 aliphatic rings. The topological polar surface area (TPSA) is 27.7 Å². The maximum atomic E-state index is 6.11. The molecular formula is C21H23BrO3. The first-order valence-corrected chi connectivity index (χ1v) is 10.2. The third-order valence-corrected chi connectivity index (χ3v) is 5.52. The van der Waals surface area contributed by atoms with E-state index in [1.807, 2.05) is 6.07 Å². The largest absolute Gasteiger partial charge is 0.493 e. The van der Waals surface area contributed by atoms with Gasteiger partial charge in [-0.15, -0.1) is 0 Å². The number of ether oxygens (including phenoxy) is 3. The summed E-state index contributed by atoms with van der Waals surface area (Å²) in [6.45, 7) is 1.11. The van der Waals surface area contributed by atoms with Crippen molar-refractivity contribution in [3.8, 4) is 28.4 Å². The molecule has 0 atom stereocenters. The summed E-state index contributed by atoms with van der Waals surface area (Å²) in [4.78, 5) is 0. The van der Waals surface area contributed by atoms with Crippen LogP contribution in [0.4, 0.5) is 0 Å². The summed E-state index contributed by atoms with van der Waals surface area (Å²) in [6, 6.07) is 10.6. The minimum Gasteiger partial charge on any atom is -0.493 e. The SMILES string of the molecule is BrCCCCOc1ccc(-c2ccc3c(c2)OCO3)c2c1CCCC2. The Morgan fingerprint density at radius 2 is 1.76 bits per heavy atom. The second kappa shape index (κ2) is 7.69. The summed E-state index contributed by atoms with van der Waals surface area (Å²) >= 11 is 3.48. The molecule has 0 bridgehead atoms. The van der Waals surface area contributed by atoms with Gasteiger partial charge in [-0.25, -0.2) is 0 Å². The highest BCUT2D eigenvalue weighted by atomic mass is 79.9. The summed E-state index contributed by atoms with van der Waals surface area (Å²) < 4.78 is 17.1. The molecule has 0 N–H and O–H groups in total. The van der Waals surface area contributed by atoms with Gasteiger partial charge >= 0.3 is 0 Å². The summed E-state index contributed by atoms with van der Waals surface area (Å²) in [5.74, 6) is 2.76. The summed E-state index contributed by atoms with van der Waals surface area (Å²) in [6.07, 6.45) is 6.97. The lowest BCUT2D eigenvalue weighted by Gasteiger charge is -2.23. The standard InChI is InChI=1S/C21H23BrO3/c22-11-3-4-12-23-19-10-8-16(17-5-1-2-6-18(17)19)15-7-9-20-21(13-15)25-14-24-20/h7-10,13H,1-6,11-12,14H2. The van der Waals surface area contributed by atoms with Crippen LogP contribution in [-0.2, 0) is 12.8 Å². The van der Waals surface area contributed by atoms with Gasteiger partial charge < -0.3 is 14.2 Å². The molecule has 0 amide bonds. The number of alkyl halides is 1. The van der Waals surface area contributed by atoms with Crippen molar-refractivity contribution in [3.05, 3.63) is 41.5 Å². The smallest absolute Gasteiger partial charge is 0.231 e. The fraction of sp³-hybridized carbons (Fsp3) is 0.429. The fourth-order valence-electron chi connectivity index (χ4n) is 3.68. The van der Waals surface area contributed by atoms with E-state index < -0.39 is 0 Å². The Kier molecular flexibility index (Phi) is 5.16. The van der Waals surface area contributed by atoms with Gasteiger partial charge in [0.2, 0.25) is 6.79 Å². The quantitative estimate of drug-likeness (QED) is 0.470. The summed E-state index contributed by atoms with van der Waals surface area (Å²) in [5, 5.41) is 1.04. The highest BCUT2D eigenvalue weighted by Crippen LogP contribution is 2.41. The lowest BCUT2D eigenvalue weighted by atomic mass is 9.85. The van der Waals surface area contributed by atoms with Crippen molar-refractivity contribution in [2.75, 3.05) is 18.7 Å². The Labute approximate surface area is 157 Å². The van der Waals surface area contributed by atoms with Crippen LogP contribution >= 0.6 is 15.9 Å². The predicted molar refractivity (Wildman–Crippen MR) is 103 cm³/mol. The van der Waals surface area contributed by atoms with Crippen molar-refractivity contribution in [2.24, 2.45) is 0 Å². The number of benzene rings is 2. The fourth-order valence-corrected chi connectivity index (χ4v) is 4.08. The molecule has 1 heterocycles. The minimum atomic E-state index is 0.318. The molecule has 0 spiro atoms. The number of unbranched alkanes of at least 4 members (excludes halogenated alkanes) is 1. The van der Waals surface area contributed by atoms with Gasteiger partial charge in [0.1, 0.15) is 5.75 Å². The second-order valence-corrected chi connectivity index (χ2v) is 7.38. The first-order valence-electron chi connectivity index (χ1n) is 9.10. The van der Waals surface area contributed by atoms with Crippen LogP contribution in [0.1, 0.15) is 36.8 Å². The molecule has 0 saturated heterocycles.